The third kappa shape index (κ3) is 3.28. The molecule has 0 bridgehead atoms. The van der Waals surface area contributed by atoms with Gasteiger partial charge in [0.25, 0.3) is 0 Å². The largest absolute Gasteiger partial charge is 0.294 e. The van der Waals surface area contributed by atoms with Crippen LogP contribution in [0, 0.1) is 0 Å². The molecule has 0 atom stereocenters. The molecule has 4 heteroatoms. The van der Waals surface area contributed by atoms with Crippen LogP contribution >= 0.6 is 27.3 Å². The van der Waals surface area contributed by atoms with Gasteiger partial charge in [-0.1, -0.05) is 64.5 Å². The molecule has 0 unspecified atom stereocenters. The molecular weight excluding hydrogens is 346 g/mol. The van der Waals surface area contributed by atoms with Crippen molar-refractivity contribution in [1.29, 1.82) is 0 Å². The lowest BCUT2D eigenvalue weighted by atomic mass is 10.1. The highest BCUT2D eigenvalue weighted by molar-refractivity contribution is 9.10. The lowest BCUT2D eigenvalue weighted by Crippen LogP contribution is -2.04. The molecule has 0 aliphatic rings. The van der Waals surface area contributed by atoms with Gasteiger partial charge in [0.05, 0.1) is 12.1 Å². The Morgan fingerprint density at radius 3 is 2.52 bits per heavy atom. The summed E-state index contributed by atoms with van der Waals surface area (Å²) in [6.45, 7) is 0. The first-order chi connectivity index (χ1) is 10.2. The van der Waals surface area contributed by atoms with Gasteiger partial charge in [-0.3, -0.25) is 4.79 Å². The van der Waals surface area contributed by atoms with Gasteiger partial charge in [0.2, 0.25) is 0 Å². The molecule has 0 fully saturated rings. The maximum absolute atomic E-state index is 12.3. The summed E-state index contributed by atoms with van der Waals surface area (Å²) in [5.74, 6) is 0.0800. The van der Waals surface area contributed by atoms with E-state index >= 15 is 0 Å². The molecule has 0 radical (unpaired) electrons. The predicted octanol–water partition coefficient (Wildman–Crippen LogP) is 5.00. The minimum Gasteiger partial charge on any atom is -0.294 e. The van der Waals surface area contributed by atoms with Crippen molar-refractivity contribution in [3.63, 3.8) is 0 Å². The Labute approximate surface area is 135 Å². The molecule has 104 valence electrons. The summed E-state index contributed by atoms with van der Waals surface area (Å²) in [6.07, 6.45) is 0.333. The number of carbonyl (C=O) groups is 1. The summed E-state index contributed by atoms with van der Waals surface area (Å²) in [4.78, 5) is 16.9. The predicted molar refractivity (Wildman–Crippen MR) is 89.7 cm³/mol. The molecule has 0 N–H and O–H groups in total. The van der Waals surface area contributed by atoms with Crippen LogP contribution in [0.2, 0.25) is 0 Å². The molecule has 2 aromatic carbocycles. The average molecular weight is 358 g/mol. The van der Waals surface area contributed by atoms with Crippen LogP contribution in [0.3, 0.4) is 0 Å². The van der Waals surface area contributed by atoms with E-state index in [0.29, 0.717) is 12.0 Å². The van der Waals surface area contributed by atoms with Crippen LogP contribution in [0.25, 0.3) is 11.3 Å². The maximum Gasteiger partial charge on any atom is 0.170 e. The van der Waals surface area contributed by atoms with E-state index in [0.717, 1.165) is 20.7 Å². The number of aromatic nitrogens is 1. The molecular formula is C17H12BrNOS. The monoisotopic (exact) mass is 357 g/mol. The summed E-state index contributed by atoms with van der Waals surface area (Å²) in [5.41, 5.74) is 2.71. The number of thiazole rings is 1. The molecule has 1 aromatic heterocycles. The van der Waals surface area contributed by atoms with Crippen molar-refractivity contribution in [1.82, 2.24) is 4.98 Å². The zero-order valence-electron chi connectivity index (χ0n) is 11.1. The number of Topliss-reactive ketones (excluding diaryl/α,β-unsaturated/α-hetero) is 1. The molecule has 0 aliphatic carbocycles. The van der Waals surface area contributed by atoms with Crippen molar-refractivity contribution in [2.75, 3.05) is 0 Å². The minimum atomic E-state index is 0.0800. The van der Waals surface area contributed by atoms with E-state index in [1.54, 1.807) is 0 Å². The highest BCUT2D eigenvalue weighted by atomic mass is 79.9. The fraction of sp³-hybridized carbons (Fsp3) is 0.0588. The Kier molecular flexibility index (Phi) is 4.27. The number of hydrogen-bond acceptors (Lipinski definition) is 3. The smallest absolute Gasteiger partial charge is 0.170 e. The number of hydrogen-bond donors (Lipinski definition) is 0. The van der Waals surface area contributed by atoms with Gasteiger partial charge in [0.1, 0.15) is 5.01 Å². The maximum atomic E-state index is 12.3. The lowest BCUT2D eigenvalue weighted by Gasteiger charge is -2.01. The summed E-state index contributed by atoms with van der Waals surface area (Å²) < 4.78 is 0.829. The molecule has 3 aromatic rings. The topological polar surface area (TPSA) is 30.0 Å². The molecule has 2 nitrogen and oxygen atoms in total. The third-order valence-electron chi connectivity index (χ3n) is 3.11. The Bertz CT molecular complexity index is 767. The zero-order valence-corrected chi connectivity index (χ0v) is 13.5. The Morgan fingerprint density at radius 2 is 1.76 bits per heavy atom. The van der Waals surface area contributed by atoms with Crippen molar-refractivity contribution in [3.8, 4) is 11.3 Å². The molecule has 21 heavy (non-hydrogen) atoms. The van der Waals surface area contributed by atoms with E-state index in [1.807, 2.05) is 60.0 Å². The summed E-state index contributed by atoms with van der Waals surface area (Å²) >= 11 is 4.94. The average Bonchev–Trinajstić information content (AvgIpc) is 2.97. The number of carbonyl (C=O) groups excluding carboxylic acids is 1. The molecule has 0 saturated heterocycles. The number of rotatable bonds is 4. The lowest BCUT2D eigenvalue weighted by molar-refractivity contribution is 0.0992. The van der Waals surface area contributed by atoms with Crippen molar-refractivity contribution >= 4 is 33.0 Å². The molecule has 0 aliphatic heterocycles. The Balaban J connectivity index is 1.79. The third-order valence-corrected chi connectivity index (χ3v) is 4.65. The van der Waals surface area contributed by atoms with E-state index in [4.69, 9.17) is 0 Å². The van der Waals surface area contributed by atoms with Crippen LogP contribution in [0.15, 0.2) is 64.5 Å². The number of halogens is 1. The highest BCUT2D eigenvalue weighted by Crippen LogP contribution is 2.23. The number of ketones is 1. The van der Waals surface area contributed by atoms with Gasteiger partial charge in [-0.05, 0) is 6.07 Å². The quantitative estimate of drug-likeness (QED) is 0.615. The van der Waals surface area contributed by atoms with E-state index in [2.05, 4.69) is 20.9 Å². The van der Waals surface area contributed by atoms with E-state index in [1.165, 1.54) is 11.3 Å². The van der Waals surface area contributed by atoms with E-state index in [-0.39, 0.29) is 5.78 Å². The van der Waals surface area contributed by atoms with Crippen LogP contribution in [-0.2, 0) is 6.42 Å². The second-order valence-electron chi connectivity index (χ2n) is 4.57. The molecule has 0 amide bonds. The van der Waals surface area contributed by atoms with Crippen molar-refractivity contribution < 1.29 is 4.79 Å². The molecule has 0 saturated carbocycles. The zero-order chi connectivity index (χ0) is 14.7. The first-order valence-electron chi connectivity index (χ1n) is 6.51. The minimum absolute atomic E-state index is 0.0800. The van der Waals surface area contributed by atoms with E-state index in [9.17, 15) is 4.79 Å². The van der Waals surface area contributed by atoms with E-state index < -0.39 is 0 Å². The Hall–Kier alpha value is -1.78. The van der Waals surface area contributed by atoms with Gasteiger partial charge in [-0.15, -0.1) is 11.3 Å². The van der Waals surface area contributed by atoms with Gasteiger partial charge in [-0.2, -0.15) is 0 Å². The summed E-state index contributed by atoms with van der Waals surface area (Å²) in [7, 11) is 0. The highest BCUT2D eigenvalue weighted by Gasteiger charge is 2.13. The van der Waals surface area contributed by atoms with Crippen molar-refractivity contribution in [2.24, 2.45) is 0 Å². The number of nitrogens with zero attached hydrogens (tertiary/aromatic N) is 1. The van der Waals surface area contributed by atoms with Crippen LogP contribution in [0.1, 0.15) is 15.4 Å². The van der Waals surface area contributed by atoms with Crippen LogP contribution in [0.5, 0.6) is 0 Å². The van der Waals surface area contributed by atoms with Gasteiger partial charge in [0, 0.05) is 21.0 Å². The first-order valence-corrected chi connectivity index (χ1v) is 8.19. The van der Waals surface area contributed by atoms with Gasteiger partial charge < -0.3 is 0 Å². The summed E-state index contributed by atoms with van der Waals surface area (Å²) in [5, 5.41) is 2.84. The fourth-order valence-corrected chi connectivity index (χ4v) is 3.36. The van der Waals surface area contributed by atoms with Crippen LogP contribution in [0.4, 0.5) is 0 Å². The first kappa shape index (κ1) is 14.2. The van der Waals surface area contributed by atoms with Crippen LogP contribution < -0.4 is 0 Å². The van der Waals surface area contributed by atoms with Crippen molar-refractivity contribution in [2.45, 2.75) is 6.42 Å². The van der Waals surface area contributed by atoms with Gasteiger partial charge in [0.15, 0.2) is 5.78 Å². The SMILES string of the molecule is O=C(Cc1nc(-c2ccccc2)cs1)c1ccccc1Br. The van der Waals surface area contributed by atoms with Crippen molar-refractivity contribution in [3.05, 3.63) is 75.0 Å². The second kappa shape index (κ2) is 6.33. The normalized spacial score (nSPS) is 10.5. The standard InChI is InChI=1S/C17H12BrNOS/c18-14-9-5-4-8-13(14)16(20)10-17-19-15(11-21-17)12-6-2-1-3-7-12/h1-9,11H,10H2. The Morgan fingerprint density at radius 1 is 1.05 bits per heavy atom. The van der Waals surface area contributed by atoms with Crippen LogP contribution in [-0.4, -0.2) is 10.8 Å². The molecule has 1 heterocycles. The summed E-state index contributed by atoms with van der Waals surface area (Å²) in [6, 6.07) is 17.5. The fourth-order valence-electron chi connectivity index (χ4n) is 2.05. The molecule has 3 rings (SSSR count). The molecule has 0 spiro atoms. The number of benzene rings is 2. The van der Waals surface area contributed by atoms with Gasteiger partial charge >= 0.3 is 0 Å². The van der Waals surface area contributed by atoms with Gasteiger partial charge in [-0.25, -0.2) is 4.98 Å². The second-order valence-corrected chi connectivity index (χ2v) is 6.37.